The highest BCUT2D eigenvalue weighted by atomic mass is 16.5. The molecular formula is C25H28N2O6. The molecule has 2 aliphatic rings. The number of carboxylic acids is 1. The van der Waals surface area contributed by atoms with Crippen molar-refractivity contribution < 1.29 is 29.0 Å². The zero-order chi connectivity index (χ0) is 23.4. The zero-order valence-corrected chi connectivity index (χ0v) is 18.5. The van der Waals surface area contributed by atoms with Crippen molar-refractivity contribution in [3.63, 3.8) is 0 Å². The molecule has 8 heteroatoms. The molecule has 0 radical (unpaired) electrons. The van der Waals surface area contributed by atoms with E-state index >= 15 is 0 Å². The fourth-order valence-corrected chi connectivity index (χ4v) is 4.75. The minimum Gasteiger partial charge on any atom is -0.481 e. The van der Waals surface area contributed by atoms with Crippen LogP contribution < -0.4 is 5.32 Å². The van der Waals surface area contributed by atoms with E-state index in [-0.39, 0.29) is 37.3 Å². The molecule has 0 saturated carbocycles. The first kappa shape index (κ1) is 22.8. The van der Waals surface area contributed by atoms with E-state index in [4.69, 9.17) is 14.6 Å². The Labute approximate surface area is 192 Å². The molecule has 4 rings (SSSR count). The molecule has 0 aromatic heterocycles. The number of aliphatic carboxylic acids is 1. The summed E-state index contributed by atoms with van der Waals surface area (Å²) in [6.45, 7) is 1.04. The van der Waals surface area contributed by atoms with Gasteiger partial charge in [-0.2, -0.15) is 0 Å². The third kappa shape index (κ3) is 5.01. The summed E-state index contributed by atoms with van der Waals surface area (Å²) in [4.78, 5) is 37.6. The fraction of sp³-hybridized carbons (Fsp3) is 0.400. The summed E-state index contributed by atoms with van der Waals surface area (Å²) in [6.07, 6.45) is -0.779. The number of nitrogens with zero attached hydrogens (tertiary/aromatic N) is 1. The Hall–Kier alpha value is -3.39. The van der Waals surface area contributed by atoms with Crippen LogP contribution in [0, 0.1) is 5.92 Å². The first-order chi connectivity index (χ1) is 16.0. The van der Waals surface area contributed by atoms with Crippen molar-refractivity contribution >= 4 is 18.0 Å². The first-order valence-electron chi connectivity index (χ1n) is 11.1. The average molecular weight is 453 g/mol. The molecule has 174 valence electrons. The lowest BCUT2D eigenvalue weighted by Gasteiger charge is -2.23. The van der Waals surface area contributed by atoms with Gasteiger partial charge in [-0.05, 0) is 34.6 Å². The Balaban J connectivity index is 1.30. The zero-order valence-electron chi connectivity index (χ0n) is 18.5. The number of carboxylic acid groups (broad SMARTS) is 1. The number of ether oxygens (including phenoxy) is 2. The molecule has 2 atom stereocenters. The van der Waals surface area contributed by atoms with E-state index in [2.05, 4.69) is 29.6 Å². The van der Waals surface area contributed by atoms with Gasteiger partial charge in [-0.1, -0.05) is 48.5 Å². The average Bonchev–Trinajstić information content (AvgIpc) is 3.40. The van der Waals surface area contributed by atoms with E-state index < -0.39 is 18.2 Å². The van der Waals surface area contributed by atoms with Crippen LogP contribution in [0.3, 0.4) is 0 Å². The van der Waals surface area contributed by atoms with Gasteiger partial charge in [0.2, 0.25) is 0 Å². The van der Waals surface area contributed by atoms with Crippen LogP contribution in [0.1, 0.15) is 29.9 Å². The van der Waals surface area contributed by atoms with Crippen molar-refractivity contribution in [2.75, 3.05) is 33.4 Å². The molecule has 33 heavy (non-hydrogen) atoms. The van der Waals surface area contributed by atoms with Crippen molar-refractivity contribution in [1.82, 2.24) is 10.2 Å². The maximum absolute atomic E-state index is 12.7. The predicted octanol–water partition coefficient (Wildman–Crippen LogP) is 2.86. The van der Waals surface area contributed by atoms with E-state index in [9.17, 15) is 14.4 Å². The summed E-state index contributed by atoms with van der Waals surface area (Å²) in [5, 5.41) is 11.6. The van der Waals surface area contributed by atoms with Gasteiger partial charge < -0.3 is 24.8 Å². The maximum Gasteiger partial charge on any atom is 0.407 e. The lowest BCUT2D eigenvalue weighted by atomic mass is 9.98. The summed E-state index contributed by atoms with van der Waals surface area (Å²) >= 11 is 0. The van der Waals surface area contributed by atoms with Crippen LogP contribution in [0.5, 0.6) is 0 Å². The SMILES string of the molecule is COC(CNC(=O)OCC1c2ccccc2-c2ccccc21)C(=O)N1CCC(CC(=O)O)C1. The summed E-state index contributed by atoms with van der Waals surface area (Å²) in [5.74, 6) is -1.23. The van der Waals surface area contributed by atoms with E-state index in [1.54, 1.807) is 4.90 Å². The van der Waals surface area contributed by atoms with E-state index in [1.807, 2.05) is 24.3 Å². The van der Waals surface area contributed by atoms with E-state index in [0.717, 1.165) is 22.3 Å². The number of benzene rings is 2. The number of amides is 2. The highest BCUT2D eigenvalue weighted by molar-refractivity contribution is 5.82. The molecule has 2 aromatic rings. The minimum absolute atomic E-state index is 0.0217. The van der Waals surface area contributed by atoms with Crippen LogP contribution >= 0.6 is 0 Å². The molecule has 1 aliphatic heterocycles. The second kappa shape index (κ2) is 10.0. The number of hydrogen-bond acceptors (Lipinski definition) is 5. The predicted molar refractivity (Wildman–Crippen MR) is 121 cm³/mol. The molecule has 1 aliphatic carbocycles. The fourth-order valence-electron chi connectivity index (χ4n) is 4.75. The molecule has 2 aromatic carbocycles. The summed E-state index contributed by atoms with van der Waals surface area (Å²) < 4.78 is 10.8. The Bertz CT molecular complexity index is 994. The largest absolute Gasteiger partial charge is 0.481 e. The van der Waals surface area contributed by atoms with Crippen LogP contribution in [-0.2, 0) is 19.1 Å². The molecule has 1 heterocycles. The Morgan fingerprint density at radius 2 is 1.73 bits per heavy atom. The number of rotatable bonds is 8. The van der Waals surface area contributed by atoms with Crippen LogP contribution in [-0.4, -0.2) is 67.4 Å². The molecule has 2 unspecified atom stereocenters. The van der Waals surface area contributed by atoms with Gasteiger partial charge in [-0.25, -0.2) is 4.79 Å². The van der Waals surface area contributed by atoms with Crippen molar-refractivity contribution in [2.24, 2.45) is 5.92 Å². The van der Waals surface area contributed by atoms with Gasteiger partial charge in [0, 0.05) is 32.5 Å². The smallest absolute Gasteiger partial charge is 0.407 e. The van der Waals surface area contributed by atoms with E-state index in [1.165, 1.54) is 7.11 Å². The Morgan fingerprint density at radius 1 is 1.09 bits per heavy atom. The normalized spacial score (nSPS) is 17.8. The number of likely N-dealkylation sites (tertiary alicyclic amines) is 1. The highest BCUT2D eigenvalue weighted by Crippen LogP contribution is 2.44. The molecule has 2 N–H and O–H groups in total. The van der Waals surface area contributed by atoms with Crippen LogP contribution in [0.4, 0.5) is 4.79 Å². The minimum atomic E-state index is -0.866. The third-order valence-corrected chi connectivity index (χ3v) is 6.40. The quantitative estimate of drug-likeness (QED) is 0.638. The third-order valence-electron chi connectivity index (χ3n) is 6.40. The maximum atomic E-state index is 12.7. The van der Waals surface area contributed by atoms with E-state index in [0.29, 0.717) is 19.5 Å². The van der Waals surface area contributed by atoms with Crippen molar-refractivity contribution in [3.05, 3.63) is 59.7 Å². The van der Waals surface area contributed by atoms with Gasteiger partial charge in [0.1, 0.15) is 6.61 Å². The van der Waals surface area contributed by atoms with Gasteiger partial charge >= 0.3 is 12.1 Å². The van der Waals surface area contributed by atoms with Gasteiger partial charge in [0.05, 0.1) is 6.54 Å². The Kier molecular flexibility index (Phi) is 6.93. The van der Waals surface area contributed by atoms with Gasteiger partial charge in [0.15, 0.2) is 6.10 Å². The second-order valence-electron chi connectivity index (χ2n) is 8.47. The molecule has 2 amide bonds. The Morgan fingerprint density at radius 3 is 2.33 bits per heavy atom. The summed E-state index contributed by atoms with van der Waals surface area (Å²) in [5.41, 5.74) is 4.56. The van der Waals surface area contributed by atoms with Crippen molar-refractivity contribution in [3.8, 4) is 11.1 Å². The summed E-state index contributed by atoms with van der Waals surface area (Å²) in [7, 11) is 1.41. The molecule has 1 fully saturated rings. The molecule has 0 spiro atoms. The van der Waals surface area contributed by atoms with Crippen molar-refractivity contribution in [1.29, 1.82) is 0 Å². The van der Waals surface area contributed by atoms with Gasteiger partial charge in [0.25, 0.3) is 5.91 Å². The molecule has 1 saturated heterocycles. The lowest BCUT2D eigenvalue weighted by molar-refractivity contribution is -0.142. The van der Waals surface area contributed by atoms with Crippen LogP contribution in [0.15, 0.2) is 48.5 Å². The topological polar surface area (TPSA) is 105 Å². The first-order valence-corrected chi connectivity index (χ1v) is 11.1. The molecule has 8 nitrogen and oxygen atoms in total. The number of hydrogen-bond donors (Lipinski definition) is 2. The number of carbonyl (C=O) groups is 3. The molecular weight excluding hydrogens is 424 g/mol. The highest BCUT2D eigenvalue weighted by Gasteiger charge is 2.33. The number of alkyl carbamates (subject to hydrolysis) is 1. The number of nitrogens with one attached hydrogen (secondary N) is 1. The van der Waals surface area contributed by atoms with Crippen molar-refractivity contribution in [2.45, 2.75) is 24.9 Å². The van der Waals surface area contributed by atoms with Gasteiger partial charge in [-0.3, -0.25) is 9.59 Å². The van der Waals surface area contributed by atoms with Crippen LogP contribution in [0.25, 0.3) is 11.1 Å². The van der Waals surface area contributed by atoms with Gasteiger partial charge in [-0.15, -0.1) is 0 Å². The van der Waals surface area contributed by atoms with Crippen LogP contribution in [0.2, 0.25) is 0 Å². The number of carbonyl (C=O) groups excluding carboxylic acids is 2. The standard InChI is InChI=1S/C25H28N2O6/c1-32-22(24(30)27-11-10-16(14-27)12-23(28)29)13-26-25(31)33-15-21-19-8-4-2-6-17(19)18-7-3-5-9-20(18)21/h2-9,16,21-22H,10-15H2,1H3,(H,26,31)(H,28,29). The number of methoxy groups -OCH3 is 1. The number of fused-ring (bicyclic) bond motifs is 3. The molecule has 0 bridgehead atoms. The summed E-state index contributed by atoms with van der Waals surface area (Å²) in [6, 6.07) is 16.2. The lowest BCUT2D eigenvalue weighted by Crippen LogP contribution is -2.45. The second-order valence-corrected chi connectivity index (χ2v) is 8.47. The monoisotopic (exact) mass is 452 g/mol.